The van der Waals surface area contributed by atoms with Gasteiger partial charge >= 0.3 is 6.18 Å². The maximum atomic E-state index is 13.1. The van der Waals surface area contributed by atoms with Gasteiger partial charge in [0.2, 0.25) is 0 Å². The molecule has 0 saturated carbocycles. The molecule has 2 rings (SSSR count). The van der Waals surface area contributed by atoms with E-state index in [9.17, 15) is 17.6 Å². The molecule has 2 aromatic rings. The van der Waals surface area contributed by atoms with E-state index in [2.05, 4.69) is 15.6 Å². The zero-order chi connectivity index (χ0) is 19.2. The fourth-order valence-electron chi connectivity index (χ4n) is 2.30. The van der Waals surface area contributed by atoms with Crippen LogP contribution >= 0.6 is 0 Å². The zero-order valence-corrected chi connectivity index (χ0v) is 13.9. The van der Waals surface area contributed by atoms with Gasteiger partial charge in [0.15, 0.2) is 5.96 Å². The van der Waals surface area contributed by atoms with E-state index in [4.69, 9.17) is 5.26 Å². The number of aliphatic imine (C=N–C) groups is 1. The van der Waals surface area contributed by atoms with Crippen molar-refractivity contribution in [2.45, 2.75) is 19.3 Å². The lowest BCUT2D eigenvalue weighted by atomic mass is 10.1. The first-order chi connectivity index (χ1) is 12.3. The molecular weight excluding hydrogens is 348 g/mol. The summed E-state index contributed by atoms with van der Waals surface area (Å²) in [5, 5.41) is 14.6. The SMILES string of the molecule is CN=C(NCc1cccc(C#N)c1)NCc1ccc(F)cc1C(F)(F)F. The van der Waals surface area contributed by atoms with Gasteiger partial charge in [0, 0.05) is 20.1 Å². The Labute approximate surface area is 148 Å². The summed E-state index contributed by atoms with van der Waals surface area (Å²) in [6.07, 6.45) is -4.65. The number of halogens is 4. The topological polar surface area (TPSA) is 60.2 Å². The number of benzene rings is 2. The van der Waals surface area contributed by atoms with Crippen LogP contribution in [0.4, 0.5) is 17.6 Å². The Bertz CT molecular complexity index is 838. The lowest BCUT2D eigenvalue weighted by molar-refractivity contribution is -0.138. The molecular formula is C18H16F4N4. The van der Waals surface area contributed by atoms with Gasteiger partial charge in [-0.2, -0.15) is 18.4 Å². The summed E-state index contributed by atoms with van der Waals surface area (Å²) in [7, 11) is 1.48. The highest BCUT2D eigenvalue weighted by molar-refractivity contribution is 5.79. The second-order valence-electron chi connectivity index (χ2n) is 5.39. The predicted octanol–water partition coefficient (Wildman–Crippen LogP) is 3.58. The Hall–Kier alpha value is -3.08. The van der Waals surface area contributed by atoms with E-state index in [0.29, 0.717) is 18.2 Å². The van der Waals surface area contributed by atoms with Crippen molar-refractivity contribution < 1.29 is 17.6 Å². The number of alkyl halides is 3. The number of guanidine groups is 1. The Balaban J connectivity index is 2.02. The van der Waals surface area contributed by atoms with Crippen LogP contribution in [-0.2, 0) is 19.3 Å². The summed E-state index contributed by atoms with van der Waals surface area (Å²) in [4.78, 5) is 3.94. The molecule has 0 heterocycles. The van der Waals surface area contributed by atoms with Crippen LogP contribution in [0, 0.1) is 17.1 Å². The van der Waals surface area contributed by atoms with Crippen LogP contribution in [0.2, 0.25) is 0 Å². The van der Waals surface area contributed by atoms with Crippen LogP contribution in [-0.4, -0.2) is 13.0 Å². The second kappa shape index (κ2) is 8.34. The van der Waals surface area contributed by atoms with Crippen molar-refractivity contribution in [1.82, 2.24) is 10.6 Å². The number of hydrogen-bond donors (Lipinski definition) is 2. The molecule has 0 amide bonds. The molecule has 0 aliphatic carbocycles. The number of hydrogen-bond acceptors (Lipinski definition) is 2. The lowest BCUT2D eigenvalue weighted by Gasteiger charge is -2.16. The molecule has 0 aliphatic heterocycles. The standard InChI is InChI=1S/C18H16F4N4/c1-24-17(25-10-13-4-2-3-12(7-13)9-23)26-11-14-5-6-15(19)8-16(14)18(20,21)22/h2-8H,10-11H2,1H3,(H2,24,25,26). The van der Waals surface area contributed by atoms with Gasteiger partial charge < -0.3 is 10.6 Å². The second-order valence-corrected chi connectivity index (χ2v) is 5.39. The number of nitrogens with one attached hydrogen (secondary N) is 2. The summed E-state index contributed by atoms with van der Waals surface area (Å²) in [5.41, 5.74) is 0.216. The minimum atomic E-state index is -4.65. The van der Waals surface area contributed by atoms with Crippen LogP contribution in [0.25, 0.3) is 0 Å². The zero-order valence-electron chi connectivity index (χ0n) is 13.9. The lowest BCUT2D eigenvalue weighted by Crippen LogP contribution is -2.36. The third-order valence-electron chi connectivity index (χ3n) is 3.56. The van der Waals surface area contributed by atoms with E-state index < -0.39 is 17.6 Å². The van der Waals surface area contributed by atoms with E-state index in [1.54, 1.807) is 18.2 Å². The molecule has 0 fully saturated rings. The first-order valence-corrected chi connectivity index (χ1v) is 7.62. The molecule has 2 N–H and O–H groups in total. The van der Waals surface area contributed by atoms with Crippen LogP contribution in [0.1, 0.15) is 22.3 Å². The summed E-state index contributed by atoms with van der Waals surface area (Å²) < 4.78 is 52.2. The van der Waals surface area contributed by atoms with Gasteiger partial charge in [0.05, 0.1) is 17.2 Å². The fourth-order valence-corrected chi connectivity index (χ4v) is 2.30. The van der Waals surface area contributed by atoms with Crippen molar-refractivity contribution in [2.24, 2.45) is 4.99 Å². The summed E-state index contributed by atoms with van der Waals surface area (Å²) in [6, 6.07) is 11.5. The van der Waals surface area contributed by atoms with Crippen molar-refractivity contribution in [3.8, 4) is 6.07 Å². The molecule has 0 aliphatic rings. The van der Waals surface area contributed by atoms with Crippen LogP contribution < -0.4 is 10.6 Å². The van der Waals surface area contributed by atoms with Crippen LogP contribution in [0.3, 0.4) is 0 Å². The molecule has 26 heavy (non-hydrogen) atoms. The minimum absolute atomic E-state index is 0.0895. The van der Waals surface area contributed by atoms with Gasteiger partial charge in [0.25, 0.3) is 0 Å². The van der Waals surface area contributed by atoms with E-state index >= 15 is 0 Å². The van der Waals surface area contributed by atoms with Crippen molar-refractivity contribution in [1.29, 1.82) is 5.26 Å². The van der Waals surface area contributed by atoms with Crippen LogP contribution in [0.15, 0.2) is 47.5 Å². The normalized spacial score (nSPS) is 11.8. The third-order valence-corrected chi connectivity index (χ3v) is 3.56. The first kappa shape index (κ1) is 19.2. The maximum absolute atomic E-state index is 13.1. The van der Waals surface area contributed by atoms with Gasteiger partial charge in [-0.25, -0.2) is 4.39 Å². The summed E-state index contributed by atoms with van der Waals surface area (Å²) in [5.74, 6) is -0.661. The van der Waals surface area contributed by atoms with Gasteiger partial charge in [-0.05, 0) is 35.4 Å². The number of rotatable bonds is 4. The van der Waals surface area contributed by atoms with E-state index in [0.717, 1.165) is 17.7 Å². The molecule has 0 saturated heterocycles. The Morgan fingerprint density at radius 3 is 2.50 bits per heavy atom. The molecule has 136 valence electrons. The molecule has 0 spiro atoms. The largest absolute Gasteiger partial charge is 0.416 e. The highest BCUT2D eigenvalue weighted by Crippen LogP contribution is 2.32. The predicted molar refractivity (Wildman–Crippen MR) is 89.6 cm³/mol. The molecule has 0 radical (unpaired) electrons. The molecule has 4 nitrogen and oxygen atoms in total. The molecule has 2 aromatic carbocycles. The molecule has 0 unspecified atom stereocenters. The molecule has 0 bridgehead atoms. The van der Waals surface area contributed by atoms with Crippen molar-refractivity contribution in [2.75, 3.05) is 7.05 Å². The average Bonchev–Trinajstić information content (AvgIpc) is 2.62. The third kappa shape index (κ3) is 5.21. The van der Waals surface area contributed by atoms with E-state index in [-0.39, 0.29) is 18.1 Å². The Morgan fingerprint density at radius 1 is 1.12 bits per heavy atom. The van der Waals surface area contributed by atoms with Crippen molar-refractivity contribution >= 4 is 5.96 Å². The Morgan fingerprint density at radius 2 is 1.85 bits per heavy atom. The average molecular weight is 364 g/mol. The molecule has 8 heteroatoms. The van der Waals surface area contributed by atoms with E-state index in [1.165, 1.54) is 7.05 Å². The smallest absolute Gasteiger partial charge is 0.352 e. The molecule has 0 aromatic heterocycles. The first-order valence-electron chi connectivity index (χ1n) is 7.62. The van der Waals surface area contributed by atoms with Gasteiger partial charge in [0.1, 0.15) is 5.82 Å². The fraction of sp³-hybridized carbons (Fsp3) is 0.222. The van der Waals surface area contributed by atoms with Crippen LogP contribution in [0.5, 0.6) is 0 Å². The van der Waals surface area contributed by atoms with Crippen molar-refractivity contribution in [3.63, 3.8) is 0 Å². The van der Waals surface area contributed by atoms with Gasteiger partial charge in [-0.15, -0.1) is 0 Å². The number of nitriles is 1. The maximum Gasteiger partial charge on any atom is 0.416 e. The van der Waals surface area contributed by atoms with Crippen molar-refractivity contribution in [3.05, 3.63) is 70.5 Å². The number of nitrogens with zero attached hydrogens (tertiary/aromatic N) is 2. The van der Waals surface area contributed by atoms with Gasteiger partial charge in [-0.1, -0.05) is 18.2 Å². The quantitative estimate of drug-likeness (QED) is 0.495. The highest BCUT2D eigenvalue weighted by Gasteiger charge is 2.33. The van der Waals surface area contributed by atoms with E-state index in [1.807, 2.05) is 12.1 Å². The van der Waals surface area contributed by atoms with Gasteiger partial charge in [-0.3, -0.25) is 4.99 Å². The Kier molecular flexibility index (Phi) is 6.17. The minimum Gasteiger partial charge on any atom is -0.352 e. The summed E-state index contributed by atoms with van der Waals surface area (Å²) >= 11 is 0. The summed E-state index contributed by atoms with van der Waals surface area (Å²) in [6.45, 7) is 0.164. The molecule has 0 atom stereocenters. The monoisotopic (exact) mass is 364 g/mol. The highest BCUT2D eigenvalue weighted by atomic mass is 19.4.